The summed E-state index contributed by atoms with van der Waals surface area (Å²) in [7, 11) is 0. The highest BCUT2D eigenvalue weighted by molar-refractivity contribution is 6.29. The van der Waals surface area contributed by atoms with Crippen LogP contribution in [-0.2, 0) is 4.74 Å². The van der Waals surface area contributed by atoms with Crippen LogP contribution in [0.5, 0.6) is 0 Å². The summed E-state index contributed by atoms with van der Waals surface area (Å²) >= 11 is 6.00. The number of nitrogens with one attached hydrogen (secondary N) is 1. The maximum Gasteiger partial charge on any atom is 0.135 e. The third-order valence-electron chi connectivity index (χ3n) is 3.89. The molecule has 2 unspecified atom stereocenters. The zero-order valence-corrected chi connectivity index (χ0v) is 11.7. The van der Waals surface area contributed by atoms with E-state index in [9.17, 15) is 5.11 Å². The Morgan fingerprint density at radius 3 is 2.95 bits per heavy atom. The maximum atomic E-state index is 10.4. The molecule has 104 valence electrons. The molecule has 2 N–H and O–H groups in total. The van der Waals surface area contributed by atoms with Gasteiger partial charge in [-0.3, -0.25) is 0 Å². The summed E-state index contributed by atoms with van der Waals surface area (Å²) in [5.41, 5.74) is -0.836. The summed E-state index contributed by atoms with van der Waals surface area (Å²) in [6, 6.07) is 1.69. The highest BCUT2D eigenvalue weighted by Crippen LogP contribution is 2.38. The van der Waals surface area contributed by atoms with Crippen LogP contribution in [-0.4, -0.2) is 39.9 Å². The number of aromatic nitrogens is 2. The van der Waals surface area contributed by atoms with Crippen LogP contribution >= 0.6 is 11.6 Å². The van der Waals surface area contributed by atoms with Gasteiger partial charge >= 0.3 is 0 Å². The molecule has 1 saturated carbocycles. The van der Waals surface area contributed by atoms with Crippen LogP contribution in [0, 0.1) is 0 Å². The summed E-state index contributed by atoms with van der Waals surface area (Å²) in [5, 5.41) is 14.0. The zero-order chi connectivity index (χ0) is 13.5. The second-order valence-electron chi connectivity index (χ2n) is 5.43. The van der Waals surface area contributed by atoms with E-state index in [-0.39, 0.29) is 6.10 Å². The second kappa shape index (κ2) is 4.89. The monoisotopic (exact) mass is 283 g/mol. The smallest absolute Gasteiger partial charge is 0.135 e. The van der Waals surface area contributed by atoms with E-state index >= 15 is 0 Å². The molecule has 0 amide bonds. The molecule has 0 spiro atoms. The Bertz CT molecular complexity index is 481. The van der Waals surface area contributed by atoms with Crippen molar-refractivity contribution in [1.29, 1.82) is 0 Å². The zero-order valence-electron chi connectivity index (χ0n) is 10.9. The van der Waals surface area contributed by atoms with Gasteiger partial charge in [-0.05, 0) is 19.8 Å². The summed E-state index contributed by atoms with van der Waals surface area (Å²) in [4.78, 5) is 8.69. The number of rotatable bonds is 4. The van der Waals surface area contributed by atoms with Gasteiger partial charge in [-0.1, -0.05) is 11.6 Å². The molecule has 2 atom stereocenters. The van der Waals surface area contributed by atoms with Crippen LogP contribution in [0.2, 0.25) is 5.15 Å². The Morgan fingerprint density at radius 1 is 1.53 bits per heavy atom. The van der Waals surface area contributed by atoms with Crippen molar-refractivity contribution in [1.82, 2.24) is 9.97 Å². The van der Waals surface area contributed by atoms with Crippen molar-refractivity contribution in [2.24, 2.45) is 0 Å². The van der Waals surface area contributed by atoms with Gasteiger partial charge in [0.1, 0.15) is 22.4 Å². The predicted molar refractivity (Wildman–Crippen MR) is 72.5 cm³/mol. The number of halogens is 1. The second-order valence-corrected chi connectivity index (χ2v) is 5.82. The molecular formula is C13H18ClN3O2. The molecule has 0 bridgehead atoms. The van der Waals surface area contributed by atoms with Crippen molar-refractivity contribution >= 4 is 17.4 Å². The van der Waals surface area contributed by atoms with Crippen LogP contribution in [0.15, 0.2) is 6.07 Å². The summed E-state index contributed by atoms with van der Waals surface area (Å²) in [6.07, 6.45) is 2.73. The van der Waals surface area contributed by atoms with E-state index in [0.29, 0.717) is 36.5 Å². The molecule has 0 radical (unpaired) electrons. The molecule has 1 aromatic heterocycles. The minimum atomic E-state index is -0.836. The summed E-state index contributed by atoms with van der Waals surface area (Å²) < 4.78 is 5.40. The van der Waals surface area contributed by atoms with Crippen molar-refractivity contribution in [3.63, 3.8) is 0 Å². The first-order valence-corrected chi connectivity index (χ1v) is 7.07. The average Bonchev–Trinajstić information content (AvgIpc) is 3.15. The summed E-state index contributed by atoms with van der Waals surface area (Å²) in [6.45, 7) is 2.89. The minimum Gasteiger partial charge on any atom is -0.385 e. The molecule has 1 aliphatic heterocycles. The standard InChI is InChI=1S/C13H18ClN3O2/c1-8-13(18,4-5-19-8)7-15-11-6-10(14)16-12(17-11)9-2-3-9/h6,8-9,18H,2-5,7H2,1H3,(H,15,16,17). The van der Waals surface area contributed by atoms with E-state index in [1.165, 1.54) is 0 Å². The van der Waals surface area contributed by atoms with Gasteiger partial charge in [0.15, 0.2) is 0 Å². The van der Waals surface area contributed by atoms with Gasteiger partial charge in [0, 0.05) is 31.6 Å². The van der Waals surface area contributed by atoms with Crippen LogP contribution < -0.4 is 5.32 Å². The molecule has 2 aliphatic rings. The van der Waals surface area contributed by atoms with E-state index in [4.69, 9.17) is 16.3 Å². The molecule has 19 heavy (non-hydrogen) atoms. The van der Waals surface area contributed by atoms with Crippen molar-refractivity contribution in [3.8, 4) is 0 Å². The Morgan fingerprint density at radius 2 is 2.32 bits per heavy atom. The molecule has 6 heteroatoms. The normalized spacial score (nSPS) is 30.6. The van der Waals surface area contributed by atoms with E-state index in [2.05, 4.69) is 15.3 Å². The SMILES string of the molecule is CC1OCCC1(O)CNc1cc(Cl)nc(C2CC2)n1. The molecule has 1 aromatic rings. The first-order valence-electron chi connectivity index (χ1n) is 6.69. The fourth-order valence-electron chi connectivity index (χ4n) is 2.30. The number of aliphatic hydroxyl groups is 1. The first-order chi connectivity index (χ1) is 9.07. The van der Waals surface area contributed by atoms with Crippen molar-refractivity contribution in [2.45, 2.75) is 43.8 Å². The van der Waals surface area contributed by atoms with Gasteiger partial charge in [0.25, 0.3) is 0 Å². The number of ether oxygens (including phenoxy) is 1. The van der Waals surface area contributed by atoms with Gasteiger partial charge < -0.3 is 15.2 Å². The van der Waals surface area contributed by atoms with Gasteiger partial charge in [-0.2, -0.15) is 0 Å². The van der Waals surface area contributed by atoms with Crippen LogP contribution in [0.25, 0.3) is 0 Å². The Balaban J connectivity index is 1.69. The number of hydrogen-bond donors (Lipinski definition) is 2. The quantitative estimate of drug-likeness (QED) is 0.827. The van der Waals surface area contributed by atoms with Crippen LogP contribution in [0.4, 0.5) is 5.82 Å². The third-order valence-corrected chi connectivity index (χ3v) is 4.08. The Kier molecular flexibility index (Phi) is 3.37. The highest BCUT2D eigenvalue weighted by Gasteiger charge is 2.39. The molecule has 2 fully saturated rings. The Labute approximate surface area is 117 Å². The lowest BCUT2D eigenvalue weighted by molar-refractivity contribution is -0.0176. The van der Waals surface area contributed by atoms with Crippen molar-refractivity contribution in [2.75, 3.05) is 18.5 Å². The molecule has 2 heterocycles. The molecule has 0 aromatic carbocycles. The van der Waals surface area contributed by atoms with E-state index < -0.39 is 5.60 Å². The van der Waals surface area contributed by atoms with Crippen molar-refractivity contribution < 1.29 is 9.84 Å². The van der Waals surface area contributed by atoms with E-state index in [1.807, 2.05) is 6.92 Å². The number of nitrogens with zero attached hydrogens (tertiary/aromatic N) is 2. The average molecular weight is 284 g/mol. The van der Waals surface area contributed by atoms with Crippen LogP contribution in [0.3, 0.4) is 0 Å². The van der Waals surface area contributed by atoms with Gasteiger partial charge in [-0.15, -0.1) is 0 Å². The summed E-state index contributed by atoms with van der Waals surface area (Å²) in [5.74, 6) is 1.93. The largest absolute Gasteiger partial charge is 0.385 e. The van der Waals surface area contributed by atoms with Crippen molar-refractivity contribution in [3.05, 3.63) is 17.0 Å². The lowest BCUT2D eigenvalue weighted by Gasteiger charge is -2.26. The molecule has 5 nitrogen and oxygen atoms in total. The highest BCUT2D eigenvalue weighted by atomic mass is 35.5. The third kappa shape index (κ3) is 2.83. The molecule has 3 rings (SSSR count). The minimum absolute atomic E-state index is 0.166. The van der Waals surface area contributed by atoms with Crippen LogP contribution in [0.1, 0.15) is 37.9 Å². The number of hydrogen-bond acceptors (Lipinski definition) is 5. The van der Waals surface area contributed by atoms with E-state index in [1.54, 1.807) is 6.07 Å². The topological polar surface area (TPSA) is 67.3 Å². The lowest BCUT2D eigenvalue weighted by atomic mass is 9.97. The fraction of sp³-hybridized carbons (Fsp3) is 0.692. The molecule has 1 saturated heterocycles. The maximum absolute atomic E-state index is 10.4. The van der Waals surface area contributed by atoms with E-state index in [0.717, 1.165) is 18.7 Å². The molecule has 1 aliphatic carbocycles. The lowest BCUT2D eigenvalue weighted by Crippen LogP contribution is -2.43. The van der Waals surface area contributed by atoms with Gasteiger partial charge in [0.05, 0.1) is 6.10 Å². The van der Waals surface area contributed by atoms with Gasteiger partial charge in [0.2, 0.25) is 0 Å². The number of anilines is 1. The Hall–Kier alpha value is -0.910. The first kappa shape index (κ1) is 13.1. The van der Waals surface area contributed by atoms with Gasteiger partial charge in [-0.25, -0.2) is 9.97 Å². The molecular weight excluding hydrogens is 266 g/mol. The fourth-order valence-corrected chi connectivity index (χ4v) is 2.49. The predicted octanol–water partition coefficient (Wildman–Crippen LogP) is 1.96.